The van der Waals surface area contributed by atoms with Crippen LogP contribution in [0.4, 0.5) is 0 Å². The van der Waals surface area contributed by atoms with Crippen LogP contribution < -0.4 is 0 Å². The Morgan fingerprint density at radius 2 is 0.837 bits per heavy atom. The molecule has 0 aliphatic carbocycles. The minimum absolute atomic E-state index is 0.898. The molecule has 10 rings (SSSR count). The van der Waals surface area contributed by atoms with Crippen molar-refractivity contribution in [3.05, 3.63) is 176 Å². The number of hydrogen-bond acceptors (Lipinski definition) is 2. The van der Waals surface area contributed by atoms with Gasteiger partial charge in [0.05, 0.1) is 11.4 Å². The first-order chi connectivity index (χ1) is 24.3. The van der Waals surface area contributed by atoms with Crippen molar-refractivity contribution in [1.29, 1.82) is 0 Å². The maximum absolute atomic E-state index is 6.39. The fourth-order valence-corrected chi connectivity index (χ4v) is 7.55. The van der Waals surface area contributed by atoms with Crippen LogP contribution in [0.5, 0.6) is 0 Å². The number of aromatic nitrogens is 1. The van der Waals surface area contributed by atoms with E-state index in [4.69, 9.17) is 9.40 Å². The standard InChI is InChI=1S/C47H29NO/c1-3-13-30(14-4-1)35-27-42(31-15-5-2-6-16-31)48-43(28-35)47-38-21-11-9-19-36(38)46(37-20-10-12-22-39(37)47)34-23-24-44-40(26-34)41-25-32-17-7-8-18-33(32)29-45(41)49-44/h1-29H. The molecule has 8 aromatic carbocycles. The van der Waals surface area contributed by atoms with Crippen molar-refractivity contribution in [1.82, 2.24) is 4.98 Å². The highest BCUT2D eigenvalue weighted by Crippen LogP contribution is 2.45. The maximum atomic E-state index is 6.39. The van der Waals surface area contributed by atoms with Crippen molar-refractivity contribution in [2.75, 3.05) is 0 Å². The molecular formula is C47H29NO. The van der Waals surface area contributed by atoms with Gasteiger partial charge in [0.1, 0.15) is 11.2 Å². The summed E-state index contributed by atoms with van der Waals surface area (Å²) < 4.78 is 6.39. The lowest BCUT2D eigenvalue weighted by Gasteiger charge is -2.18. The van der Waals surface area contributed by atoms with Gasteiger partial charge in [0.2, 0.25) is 0 Å². The first kappa shape index (κ1) is 27.6. The normalized spacial score (nSPS) is 11.7. The average Bonchev–Trinajstić information content (AvgIpc) is 3.53. The lowest BCUT2D eigenvalue weighted by Crippen LogP contribution is -1.95. The van der Waals surface area contributed by atoms with Crippen LogP contribution in [0.25, 0.3) is 99.0 Å². The second-order valence-corrected chi connectivity index (χ2v) is 12.7. The van der Waals surface area contributed by atoms with Crippen LogP contribution in [-0.2, 0) is 0 Å². The third-order valence-electron chi connectivity index (χ3n) is 9.82. The fourth-order valence-electron chi connectivity index (χ4n) is 7.55. The summed E-state index contributed by atoms with van der Waals surface area (Å²) in [6.07, 6.45) is 0. The van der Waals surface area contributed by atoms with Crippen molar-refractivity contribution in [2.24, 2.45) is 0 Å². The second-order valence-electron chi connectivity index (χ2n) is 12.7. The third-order valence-corrected chi connectivity index (χ3v) is 9.82. The third kappa shape index (κ3) is 4.53. The Balaban J connectivity index is 1.26. The van der Waals surface area contributed by atoms with E-state index in [2.05, 4.69) is 176 Å². The predicted octanol–water partition coefficient (Wildman–Crippen LogP) is 13.1. The average molecular weight is 624 g/mol. The van der Waals surface area contributed by atoms with Crippen molar-refractivity contribution in [2.45, 2.75) is 0 Å². The number of rotatable bonds is 4. The van der Waals surface area contributed by atoms with Crippen LogP contribution in [0.2, 0.25) is 0 Å². The molecule has 49 heavy (non-hydrogen) atoms. The molecule has 0 spiro atoms. The van der Waals surface area contributed by atoms with Crippen molar-refractivity contribution in [3.63, 3.8) is 0 Å². The predicted molar refractivity (Wildman–Crippen MR) is 206 cm³/mol. The van der Waals surface area contributed by atoms with Gasteiger partial charge in [-0.25, -0.2) is 4.98 Å². The first-order valence-corrected chi connectivity index (χ1v) is 16.7. The van der Waals surface area contributed by atoms with Crippen LogP contribution >= 0.6 is 0 Å². The molecule has 0 saturated heterocycles. The summed E-state index contributed by atoms with van der Waals surface area (Å²) in [7, 11) is 0. The Labute approximate surface area is 283 Å². The van der Waals surface area contributed by atoms with Gasteiger partial charge in [-0.05, 0) is 91.0 Å². The lowest BCUT2D eigenvalue weighted by atomic mass is 9.86. The Morgan fingerprint density at radius 3 is 1.51 bits per heavy atom. The van der Waals surface area contributed by atoms with Gasteiger partial charge in [-0.3, -0.25) is 0 Å². The molecular weight excluding hydrogens is 595 g/mol. The van der Waals surface area contributed by atoms with Gasteiger partial charge >= 0.3 is 0 Å². The van der Waals surface area contributed by atoms with E-state index < -0.39 is 0 Å². The zero-order chi connectivity index (χ0) is 32.3. The molecule has 2 heteroatoms. The molecule has 2 heterocycles. The SMILES string of the molecule is c1ccc(-c2cc(-c3ccccc3)nc(-c3c4ccccc4c(-c4ccc5oc6cc7ccccc7cc6c5c4)c4ccccc34)c2)cc1. The van der Waals surface area contributed by atoms with Gasteiger partial charge in [-0.1, -0.05) is 140 Å². The Bertz CT molecular complexity index is 2750. The summed E-state index contributed by atoms with van der Waals surface area (Å²) in [5, 5.41) is 9.40. The molecule has 10 aromatic rings. The van der Waals surface area contributed by atoms with Gasteiger partial charge in [0.25, 0.3) is 0 Å². The van der Waals surface area contributed by atoms with Gasteiger partial charge in [-0.2, -0.15) is 0 Å². The largest absolute Gasteiger partial charge is 0.456 e. The summed E-state index contributed by atoms with van der Waals surface area (Å²) in [5.74, 6) is 0. The van der Waals surface area contributed by atoms with Gasteiger partial charge < -0.3 is 4.42 Å². The van der Waals surface area contributed by atoms with Crippen LogP contribution in [0.3, 0.4) is 0 Å². The molecule has 0 atom stereocenters. The van der Waals surface area contributed by atoms with Crippen LogP contribution in [0.15, 0.2) is 180 Å². The summed E-state index contributed by atoms with van der Waals surface area (Å²) >= 11 is 0. The zero-order valence-corrected chi connectivity index (χ0v) is 26.6. The van der Waals surface area contributed by atoms with Crippen molar-refractivity contribution >= 4 is 54.3 Å². The maximum Gasteiger partial charge on any atom is 0.136 e. The van der Waals surface area contributed by atoms with Crippen molar-refractivity contribution < 1.29 is 4.42 Å². The van der Waals surface area contributed by atoms with E-state index in [1.54, 1.807) is 0 Å². The molecule has 228 valence electrons. The Kier molecular flexibility index (Phi) is 6.22. The summed E-state index contributed by atoms with van der Waals surface area (Å²) in [6, 6.07) is 62.7. The second kappa shape index (κ2) is 11.0. The monoisotopic (exact) mass is 623 g/mol. The number of hydrogen-bond donors (Lipinski definition) is 0. The molecule has 0 fully saturated rings. The van der Waals surface area contributed by atoms with E-state index >= 15 is 0 Å². The summed E-state index contributed by atoms with van der Waals surface area (Å²) in [5.41, 5.74) is 10.7. The molecule has 0 radical (unpaired) electrons. The van der Waals surface area contributed by atoms with Crippen LogP contribution in [0.1, 0.15) is 0 Å². The van der Waals surface area contributed by atoms with Crippen LogP contribution in [-0.4, -0.2) is 4.98 Å². The highest BCUT2D eigenvalue weighted by molar-refractivity contribution is 6.22. The minimum atomic E-state index is 0.898. The molecule has 0 bridgehead atoms. The molecule has 0 unspecified atom stereocenters. The topological polar surface area (TPSA) is 26.0 Å². The molecule has 0 amide bonds. The van der Waals surface area contributed by atoms with E-state index in [9.17, 15) is 0 Å². The highest BCUT2D eigenvalue weighted by atomic mass is 16.3. The molecule has 2 aromatic heterocycles. The molecule has 0 N–H and O–H groups in total. The number of pyridine rings is 1. The zero-order valence-electron chi connectivity index (χ0n) is 26.6. The van der Waals surface area contributed by atoms with E-state index in [1.807, 2.05) is 0 Å². The molecule has 0 aliphatic heterocycles. The van der Waals surface area contributed by atoms with Gasteiger partial charge in [-0.15, -0.1) is 0 Å². The smallest absolute Gasteiger partial charge is 0.136 e. The van der Waals surface area contributed by atoms with Crippen molar-refractivity contribution in [3.8, 4) is 44.8 Å². The quantitative estimate of drug-likeness (QED) is 0.182. The number of fused-ring (bicyclic) bond motifs is 6. The number of furan rings is 1. The number of nitrogens with zero attached hydrogens (tertiary/aromatic N) is 1. The highest BCUT2D eigenvalue weighted by Gasteiger charge is 2.20. The van der Waals surface area contributed by atoms with Crippen LogP contribution in [0, 0.1) is 0 Å². The number of benzene rings is 8. The molecule has 0 saturated carbocycles. The molecule has 2 nitrogen and oxygen atoms in total. The minimum Gasteiger partial charge on any atom is -0.456 e. The summed E-state index contributed by atoms with van der Waals surface area (Å²) in [6.45, 7) is 0. The van der Waals surface area contributed by atoms with E-state index in [0.29, 0.717) is 0 Å². The Morgan fingerprint density at radius 1 is 0.306 bits per heavy atom. The first-order valence-electron chi connectivity index (χ1n) is 16.7. The van der Waals surface area contributed by atoms with E-state index in [0.717, 1.165) is 50.0 Å². The molecule has 0 aliphatic rings. The Hall–Kier alpha value is -6.51. The fraction of sp³-hybridized carbons (Fsp3) is 0. The van der Waals surface area contributed by atoms with E-state index in [1.165, 1.54) is 49.0 Å². The van der Waals surface area contributed by atoms with Gasteiger partial charge in [0, 0.05) is 21.9 Å². The van der Waals surface area contributed by atoms with Gasteiger partial charge in [0.15, 0.2) is 0 Å². The van der Waals surface area contributed by atoms with E-state index in [-0.39, 0.29) is 0 Å². The summed E-state index contributed by atoms with van der Waals surface area (Å²) in [4.78, 5) is 5.38. The lowest BCUT2D eigenvalue weighted by molar-refractivity contribution is 0.669.